The maximum Gasteiger partial charge on any atom is 0.191 e. The fourth-order valence-corrected chi connectivity index (χ4v) is 3.75. The van der Waals surface area contributed by atoms with Gasteiger partial charge in [-0.1, -0.05) is 49.7 Å². The van der Waals surface area contributed by atoms with Gasteiger partial charge >= 0.3 is 0 Å². The Balaban J connectivity index is 0.00000320. The number of hydrogen-bond acceptors (Lipinski definition) is 4. The molecule has 1 unspecified atom stereocenters. The molecule has 2 aromatic rings. The molecule has 1 atom stereocenters. The molecule has 1 aliphatic rings. The topological polar surface area (TPSA) is 65.7 Å². The van der Waals surface area contributed by atoms with Crippen molar-refractivity contribution in [1.29, 1.82) is 0 Å². The zero-order chi connectivity index (χ0) is 20.6. The third-order valence-corrected chi connectivity index (χ3v) is 5.70. The van der Waals surface area contributed by atoms with E-state index in [1.54, 1.807) is 7.05 Å². The van der Waals surface area contributed by atoms with Gasteiger partial charge < -0.3 is 15.2 Å². The summed E-state index contributed by atoms with van der Waals surface area (Å²) in [4.78, 5) is 6.94. The normalized spacial score (nSPS) is 17.6. The summed E-state index contributed by atoms with van der Waals surface area (Å²) in [7, 11) is 1.79. The first-order valence-electron chi connectivity index (χ1n) is 10.8. The van der Waals surface area contributed by atoms with Crippen LogP contribution in [-0.2, 0) is 19.6 Å². The Labute approximate surface area is 197 Å². The number of nitrogens with one attached hydrogen (secondary N) is 2. The lowest BCUT2D eigenvalue weighted by molar-refractivity contribution is 0.152. The molecule has 2 N–H and O–H groups in total. The zero-order valence-corrected chi connectivity index (χ0v) is 21.0. The SMILES string of the molecule is CN=C(NCc1cc(C(C)C)no1)NCc1ccccc1CN1CCCCC1C.I. The van der Waals surface area contributed by atoms with Crippen LogP contribution in [0.3, 0.4) is 0 Å². The molecule has 1 aromatic heterocycles. The zero-order valence-electron chi connectivity index (χ0n) is 18.6. The molecular formula is C23H36IN5O. The minimum atomic E-state index is 0. The number of piperidine rings is 1. The van der Waals surface area contributed by atoms with Crippen molar-refractivity contribution in [2.75, 3.05) is 13.6 Å². The predicted molar refractivity (Wildman–Crippen MR) is 133 cm³/mol. The molecule has 1 aliphatic heterocycles. The van der Waals surface area contributed by atoms with Crippen LogP contribution in [-0.4, -0.2) is 35.7 Å². The number of aromatic nitrogens is 1. The van der Waals surface area contributed by atoms with Crippen molar-refractivity contribution in [2.24, 2.45) is 4.99 Å². The van der Waals surface area contributed by atoms with Crippen molar-refractivity contribution in [3.8, 4) is 0 Å². The molecule has 30 heavy (non-hydrogen) atoms. The number of aliphatic imine (C=N–C) groups is 1. The van der Waals surface area contributed by atoms with Crippen LogP contribution in [0.1, 0.15) is 68.5 Å². The quantitative estimate of drug-likeness (QED) is 0.313. The summed E-state index contributed by atoms with van der Waals surface area (Å²) < 4.78 is 5.40. The van der Waals surface area contributed by atoms with Crippen LogP contribution in [0.2, 0.25) is 0 Å². The minimum absolute atomic E-state index is 0. The number of nitrogens with zero attached hydrogens (tertiary/aromatic N) is 3. The Bertz CT molecular complexity index is 804. The Morgan fingerprint density at radius 1 is 1.20 bits per heavy atom. The van der Waals surface area contributed by atoms with Crippen LogP contribution in [0, 0.1) is 0 Å². The first kappa shape index (κ1) is 24.7. The minimum Gasteiger partial charge on any atom is -0.359 e. The van der Waals surface area contributed by atoms with Gasteiger partial charge in [-0.3, -0.25) is 9.89 Å². The van der Waals surface area contributed by atoms with Crippen molar-refractivity contribution in [1.82, 2.24) is 20.7 Å². The lowest BCUT2D eigenvalue weighted by atomic mass is 10.0. The van der Waals surface area contributed by atoms with Crippen molar-refractivity contribution in [3.63, 3.8) is 0 Å². The van der Waals surface area contributed by atoms with Gasteiger partial charge in [0.1, 0.15) is 0 Å². The van der Waals surface area contributed by atoms with Gasteiger partial charge in [-0.25, -0.2) is 0 Å². The second kappa shape index (κ2) is 12.3. The van der Waals surface area contributed by atoms with Crippen LogP contribution in [0.4, 0.5) is 0 Å². The number of hydrogen-bond donors (Lipinski definition) is 2. The van der Waals surface area contributed by atoms with Gasteiger partial charge in [-0.2, -0.15) is 0 Å². The standard InChI is InChI=1S/C23H35N5O.HI/c1-17(2)22-13-21(29-27-22)15-26-23(24-4)25-14-19-10-5-6-11-20(19)16-28-12-8-7-9-18(28)3;/h5-6,10-11,13,17-18H,7-9,12,14-16H2,1-4H3,(H2,24,25,26);1H. The molecule has 2 heterocycles. The van der Waals surface area contributed by atoms with Gasteiger partial charge in [0.15, 0.2) is 11.7 Å². The van der Waals surface area contributed by atoms with Gasteiger partial charge in [0.05, 0.1) is 12.2 Å². The van der Waals surface area contributed by atoms with Crippen LogP contribution >= 0.6 is 24.0 Å². The van der Waals surface area contributed by atoms with Gasteiger partial charge in [0, 0.05) is 32.2 Å². The van der Waals surface area contributed by atoms with E-state index in [0.29, 0.717) is 18.5 Å². The summed E-state index contributed by atoms with van der Waals surface area (Å²) in [6.07, 6.45) is 3.96. The maximum atomic E-state index is 5.40. The molecule has 0 amide bonds. The van der Waals surface area contributed by atoms with E-state index in [1.807, 2.05) is 6.07 Å². The Morgan fingerprint density at radius 3 is 2.60 bits per heavy atom. The van der Waals surface area contributed by atoms with Gasteiger partial charge in [-0.05, 0) is 43.4 Å². The van der Waals surface area contributed by atoms with Crippen LogP contribution in [0.5, 0.6) is 0 Å². The van der Waals surface area contributed by atoms with Crippen molar-refractivity contribution < 1.29 is 4.52 Å². The summed E-state index contributed by atoms with van der Waals surface area (Å²) in [6, 6.07) is 11.4. The monoisotopic (exact) mass is 525 g/mol. The van der Waals surface area contributed by atoms with E-state index in [4.69, 9.17) is 4.52 Å². The van der Waals surface area contributed by atoms with Gasteiger partial charge in [-0.15, -0.1) is 24.0 Å². The largest absolute Gasteiger partial charge is 0.359 e. The second-order valence-corrected chi connectivity index (χ2v) is 8.24. The van der Waals surface area contributed by atoms with Crippen LogP contribution in [0.25, 0.3) is 0 Å². The molecule has 7 heteroatoms. The third-order valence-electron chi connectivity index (χ3n) is 5.70. The Morgan fingerprint density at radius 2 is 1.93 bits per heavy atom. The Hall–Kier alpha value is -1.61. The average molecular weight is 525 g/mol. The first-order chi connectivity index (χ1) is 14.1. The fraction of sp³-hybridized carbons (Fsp3) is 0.565. The predicted octanol–water partition coefficient (Wildman–Crippen LogP) is 4.66. The van der Waals surface area contributed by atoms with Crippen molar-refractivity contribution in [3.05, 3.63) is 52.9 Å². The summed E-state index contributed by atoms with van der Waals surface area (Å²) in [5.74, 6) is 1.94. The molecule has 1 fully saturated rings. The molecule has 6 nitrogen and oxygen atoms in total. The highest BCUT2D eigenvalue weighted by molar-refractivity contribution is 14.0. The molecule has 166 valence electrons. The first-order valence-corrected chi connectivity index (χ1v) is 10.8. The fourth-order valence-electron chi connectivity index (χ4n) is 3.75. The highest BCUT2D eigenvalue weighted by Crippen LogP contribution is 2.21. The highest BCUT2D eigenvalue weighted by Gasteiger charge is 2.19. The molecule has 1 aromatic carbocycles. The van der Waals surface area contributed by atoms with Gasteiger partial charge in [0.2, 0.25) is 0 Å². The lowest BCUT2D eigenvalue weighted by Gasteiger charge is -2.33. The van der Waals surface area contributed by atoms with Crippen LogP contribution < -0.4 is 10.6 Å². The molecule has 1 saturated heterocycles. The molecule has 0 radical (unpaired) electrons. The molecule has 0 bridgehead atoms. The number of likely N-dealkylation sites (tertiary alicyclic amines) is 1. The summed E-state index contributed by atoms with van der Waals surface area (Å²) in [5.41, 5.74) is 3.68. The van der Waals surface area contributed by atoms with Crippen LogP contribution in [0.15, 0.2) is 39.8 Å². The van der Waals surface area contributed by atoms with E-state index in [0.717, 1.165) is 30.5 Å². The second-order valence-electron chi connectivity index (χ2n) is 8.24. The third kappa shape index (κ3) is 6.97. The summed E-state index contributed by atoms with van der Waals surface area (Å²) >= 11 is 0. The number of guanidine groups is 1. The molecule has 0 spiro atoms. The summed E-state index contributed by atoms with van der Waals surface area (Å²) in [6.45, 7) is 10.1. The van der Waals surface area contributed by atoms with Gasteiger partial charge in [0.25, 0.3) is 0 Å². The number of rotatable bonds is 7. The van der Waals surface area contributed by atoms with E-state index >= 15 is 0 Å². The molecule has 0 saturated carbocycles. The summed E-state index contributed by atoms with van der Waals surface area (Å²) in [5, 5.41) is 10.8. The number of halogens is 1. The molecule has 3 rings (SSSR count). The van der Waals surface area contributed by atoms with E-state index in [1.165, 1.54) is 36.9 Å². The smallest absolute Gasteiger partial charge is 0.191 e. The van der Waals surface area contributed by atoms with E-state index in [9.17, 15) is 0 Å². The van der Waals surface area contributed by atoms with E-state index in [-0.39, 0.29) is 24.0 Å². The van der Waals surface area contributed by atoms with E-state index < -0.39 is 0 Å². The maximum absolute atomic E-state index is 5.40. The average Bonchev–Trinajstić information content (AvgIpc) is 3.20. The van der Waals surface area contributed by atoms with E-state index in [2.05, 4.69) is 70.7 Å². The van der Waals surface area contributed by atoms with Crippen molar-refractivity contribution in [2.45, 2.75) is 71.6 Å². The Kier molecular flexibility index (Phi) is 10.1. The number of benzene rings is 1. The molecule has 0 aliphatic carbocycles. The highest BCUT2D eigenvalue weighted by atomic mass is 127. The lowest BCUT2D eigenvalue weighted by Crippen LogP contribution is -2.38. The van der Waals surface area contributed by atoms with Crippen molar-refractivity contribution >= 4 is 29.9 Å². The molecular weight excluding hydrogens is 489 g/mol.